The minimum atomic E-state index is -0.278. The first-order valence-electron chi connectivity index (χ1n) is 9.69. The van der Waals surface area contributed by atoms with Crippen molar-refractivity contribution in [1.82, 2.24) is 15.6 Å². The van der Waals surface area contributed by atoms with E-state index in [1.165, 1.54) is 28.3 Å². The van der Waals surface area contributed by atoms with Crippen LogP contribution in [0.2, 0.25) is 0 Å². The summed E-state index contributed by atoms with van der Waals surface area (Å²) in [5.41, 5.74) is 0.957. The maximum absolute atomic E-state index is 12.4. The van der Waals surface area contributed by atoms with Gasteiger partial charge in [-0.2, -0.15) is 0 Å². The highest BCUT2D eigenvalue weighted by molar-refractivity contribution is 7.11. The van der Waals surface area contributed by atoms with Gasteiger partial charge in [-0.3, -0.25) is 9.59 Å². The first kappa shape index (κ1) is 18.6. The maximum Gasteiger partial charge on any atom is 0.220 e. The molecule has 0 spiro atoms. The van der Waals surface area contributed by atoms with Crippen molar-refractivity contribution in [2.75, 3.05) is 0 Å². The van der Waals surface area contributed by atoms with E-state index >= 15 is 0 Å². The van der Waals surface area contributed by atoms with E-state index in [0.717, 1.165) is 30.7 Å². The van der Waals surface area contributed by atoms with Gasteiger partial charge in [0.25, 0.3) is 0 Å². The van der Waals surface area contributed by atoms with E-state index in [9.17, 15) is 9.59 Å². The van der Waals surface area contributed by atoms with Crippen LogP contribution < -0.4 is 10.6 Å². The topological polar surface area (TPSA) is 71.1 Å². The van der Waals surface area contributed by atoms with Gasteiger partial charge in [0, 0.05) is 34.6 Å². The zero-order chi connectivity index (χ0) is 18.7. The lowest BCUT2D eigenvalue weighted by Gasteiger charge is -2.28. The Morgan fingerprint density at radius 3 is 2.93 bits per heavy atom. The number of hydrogen-bond donors (Lipinski definition) is 2. The zero-order valence-electron chi connectivity index (χ0n) is 15.4. The van der Waals surface area contributed by atoms with Crippen LogP contribution in [-0.2, 0) is 35.4 Å². The molecule has 27 heavy (non-hydrogen) atoms. The summed E-state index contributed by atoms with van der Waals surface area (Å²) >= 11 is 3.45. The molecule has 5 nitrogen and oxygen atoms in total. The third kappa shape index (κ3) is 4.58. The van der Waals surface area contributed by atoms with Gasteiger partial charge in [0.1, 0.15) is 5.01 Å². The largest absolute Gasteiger partial charge is 0.350 e. The molecule has 3 heterocycles. The van der Waals surface area contributed by atoms with Crippen LogP contribution >= 0.6 is 22.7 Å². The predicted octanol–water partition coefficient (Wildman–Crippen LogP) is 3.37. The predicted molar refractivity (Wildman–Crippen MR) is 108 cm³/mol. The number of amides is 2. The highest BCUT2D eigenvalue weighted by Gasteiger charge is 2.38. The average molecular weight is 404 g/mol. The summed E-state index contributed by atoms with van der Waals surface area (Å²) in [6, 6.07) is 4.13. The standard InChI is InChI=1S/C20H25N3O2S2/c24-17(21-13-19-22-15-5-1-2-6-16(15)27-19)7-9-20(10-8-18(25)23-20)12-14-4-3-11-26-14/h3-4,11H,1-2,5-10,12-13H2,(H,21,24)(H,23,25). The molecule has 4 rings (SSSR count). The molecule has 1 atom stereocenters. The number of rotatable bonds is 7. The molecular weight excluding hydrogens is 378 g/mol. The molecule has 0 aromatic carbocycles. The molecule has 2 aromatic heterocycles. The molecule has 7 heteroatoms. The Hall–Kier alpha value is -1.73. The SMILES string of the molecule is O=C(CCC1(Cc2cccs2)CCC(=O)N1)NCc1nc2c(s1)CCCC2. The van der Waals surface area contributed by atoms with Crippen molar-refractivity contribution < 1.29 is 9.59 Å². The van der Waals surface area contributed by atoms with Crippen LogP contribution in [0, 0.1) is 0 Å². The van der Waals surface area contributed by atoms with Crippen molar-refractivity contribution in [2.24, 2.45) is 0 Å². The molecule has 0 bridgehead atoms. The Bertz CT molecular complexity index is 792. The van der Waals surface area contributed by atoms with E-state index in [-0.39, 0.29) is 17.4 Å². The first-order chi connectivity index (χ1) is 13.1. The molecule has 2 N–H and O–H groups in total. The molecule has 1 fully saturated rings. The minimum absolute atomic E-state index is 0.0369. The number of aromatic nitrogens is 1. The van der Waals surface area contributed by atoms with Crippen LogP contribution in [0.5, 0.6) is 0 Å². The van der Waals surface area contributed by atoms with Crippen molar-refractivity contribution >= 4 is 34.5 Å². The lowest BCUT2D eigenvalue weighted by Crippen LogP contribution is -2.44. The van der Waals surface area contributed by atoms with E-state index in [1.807, 2.05) is 6.07 Å². The maximum atomic E-state index is 12.4. The Kier molecular flexibility index (Phi) is 5.59. The van der Waals surface area contributed by atoms with Crippen molar-refractivity contribution in [3.8, 4) is 0 Å². The monoisotopic (exact) mass is 403 g/mol. The summed E-state index contributed by atoms with van der Waals surface area (Å²) < 4.78 is 0. The molecule has 2 amide bonds. The van der Waals surface area contributed by atoms with Crippen LogP contribution in [-0.4, -0.2) is 22.3 Å². The van der Waals surface area contributed by atoms with Gasteiger partial charge >= 0.3 is 0 Å². The summed E-state index contributed by atoms with van der Waals surface area (Å²) in [6.45, 7) is 0.515. The Balaban J connectivity index is 1.30. The first-order valence-corrected chi connectivity index (χ1v) is 11.4. The Morgan fingerprint density at radius 2 is 2.19 bits per heavy atom. The molecule has 0 radical (unpaired) electrons. The van der Waals surface area contributed by atoms with Crippen LogP contribution in [0.3, 0.4) is 0 Å². The summed E-state index contributed by atoms with van der Waals surface area (Å²) in [7, 11) is 0. The third-order valence-electron chi connectivity index (χ3n) is 5.49. The minimum Gasteiger partial charge on any atom is -0.350 e. The second-order valence-electron chi connectivity index (χ2n) is 7.55. The Morgan fingerprint density at radius 1 is 1.30 bits per heavy atom. The van der Waals surface area contributed by atoms with Gasteiger partial charge in [-0.15, -0.1) is 22.7 Å². The zero-order valence-corrected chi connectivity index (χ0v) is 17.0. The fourth-order valence-electron chi connectivity index (χ4n) is 4.03. The second kappa shape index (κ2) is 8.10. The van der Waals surface area contributed by atoms with Crippen molar-refractivity contribution in [3.05, 3.63) is 38.0 Å². The molecule has 1 aliphatic carbocycles. The van der Waals surface area contributed by atoms with Gasteiger partial charge < -0.3 is 10.6 Å². The van der Waals surface area contributed by atoms with E-state index in [2.05, 4.69) is 27.1 Å². The van der Waals surface area contributed by atoms with Crippen LogP contribution in [0.4, 0.5) is 0 Å². The number of carbonyl (C=O) groups is 2. The summed E-state index contributed by atoms with van der Waals surface area (Å²) in [4.78, 5) is 31.6. The molecule has 2 aromatic rings. The highest BCUT2D eigenvalue weighted by atomic mass is 32.1. The van der Waals surface area contributed by atoms with Gasteiger partial charge in [-0.05, 0) is 50.0 Å². The van der Waals surface area contributed by atoms with Gasteiger partial charge in [0.2, 0.25) is 11.8 Å². The third-order valence-corrected chi connectivity index (χ3v) is 7.52. The molecule has 0 saturated carbocycles. The number of aryl methyl sites for hydroxylation is 2. The van der Waals surface area contributed by atoms with Gasteiger partial charge in [0.15, 0.2) is 0 Å². The van der Waals surface area contributed by atoms with E-state index in [0.29, 0.717) is 25.8 Å². The molecule has 2 aliphatic rings. The number of fused-ring (bicyclic) bond motifs is 1. The summed E-state index contributed by atoms with van der Waals surface area (Å²) in [5, 5.41) is 9.23. The van der Waals surface area contributed by atoms with E-state index in [1.54, 1.807) is 22.7 Å². The van der Waals surface area contributed by atoms with Crippen LogP contribution in [0.25, 0.3) is 0 Å². The summed E-state index contributed by atoms with van der Waals surface area (Å²) in [5.74, 6) is 0.134. The van der Waals surface area contributed by atoms with Crippen molar-refractivity contribution in [2.45, 2.75) is 69.9 Å². The van der Waals surface area contributed by atoms with Gasteiger partial charge in [-0.25, -0.2) is 4.98 Å². The van der Waals surface area contributed by atoms with E-state index < -0.39 is 0 Å². The lowest BCUT2D eigenvalue weighted by atomic mass is 9.87. The highest BCUT2D eigenvalue weighted by Crippen LogP contribution is 2.31. The van der Waals surface area contributed by atoms with Crippen LogP contribution in [0.1, 0.15) is 59.0 Å². The molecule has 1 saturated heterocycles. The summed E-state index contributed by atoms with van der Waals surface area (Å²) in [6.07, 6.45) is 7.95. The normalized spacial score (nSPS) is 21.7. The van der Waals surface area contributed by atoms with Gasteiger partial charge in [0.05, 0.1) is 12.2 Å². The second-order valence-corrected chi connectivity index (χ2v) is 9.75. The van der Waals surface area contributed by atoms with E-state index in [4.69, 9.17) is 0 Å². The smallest absolute Gasteiger partial charge is 0.220 e. The fraction of sp³-hybridized carbons (Fsp3) is 0.550. The number of carbonyl (C=O) groups excluding carboxylic acids is 2. The molecular formula is C20H25N3O2S2. The Labute approximate surface area is 167 Å². The number of hydrogen-bond acceptors (Lipinski definition) is 5. The average Bonchev–Trinajstić information content (AvgIpc) is 3.39. The number of thiazole rings is 1. The van der Waals surface area contributed by atoms with Crippen molar-refractivity contribution in [1.29, 1.82) is 0 Å². The van der Waals surface area contributed by atoms with Crippen molar-refractivity contribution in [3.63, 3.8) is 0 Å². The number of nitrogens with one attached hydrogen (secondary N) is 2. The van der Waals surface area contributed by atoms with Crippen LogP contribution in [0.15, 0.2) is 17.5 Å². The van der Waals surface area contributed by atoms with Gasteiger partial charge in [-0.1, -0.05) is 6.07 Å². The number of nitrogens with zero attached hydrogens (tertiary/aromatic N) is 1. The molecule has 144 valence electrons. The number of thiophene rings is 1. The molecule has 1 unspecified atom stereocenters. The quantitative estimate of drug-likeness (QED) is 0.745. The lowest BCUT2D eigenvalue weighted by molar-refractivity contribution is -0.122. The molecule has 1 aliphatic heterocycles. The fourth-order valence-corrected chi connectivity index (χ4v) is 5.97.